The largest absolute Gasteiger partial charge is 0.464 e. The number of ether oxygens (including phenoxy) is 1. The molecule has 0 amide bonds. The summed E-state index contributed by atoms with van der Waals surface area (Å²) in [5.74, 6) is -0.567. The lowest BCUT2D eigenvalue weighted by atomic mass is 10.2. The van der Waals surface area contributed by atoms with Crippen LogP contribution in [0, 0.1) is 5.82 Å². The molecule has 8 heteroatoms. The maximum Gasteiger partial charge on any atom is 0.273 e. The van der Waals surface area contributed by atoms with E-state index in [9.17, 15) is 12.8 Å². The molecular formula is C12H11FN2O3S2. The second-order valence-corrected chi connectivity index (χ2v) is 7.11. The molecule has 20 heavy (non-hydrogen) atoms. The second-order valence-electron chi connectivity index (χ2n) is 4.32. The first-order chi connectivity index (χ1) is 9.55. The molecule has 0 atom stereocenters. The molecule has 1 saturated heterocycles. The van der Waals surface area contributed by atoms with Gasteiger partial charge < -0.3 is 4.74 Å². The molecule has 2 aromatic rings. The quantitative estimate of drug-likeness (QED) is 0.862. The average Bonchev–Trinajstić information content (AvgIpc) is 2.86. The van der Waals surface area contributed by atoms with E-state index in [4.69, 9.17) is 4.74 Å². The van der Waals surface area contributed by atoms with Crippen LogP contribution in [-0.4, -0.2) is 36.9 Å². The molecule has 2 heterocycles. The second kappa shape index (κ2) is 5.12. The Kier molecular flexibility index (Phi) is 3.45. The van der Waals surface area contributed by atoms with Crippen LogP contribution in [0.15, 0.2) is 40.7 Å². The number of hydrogen-bond donors (Lipinski definition) is 0. The first-order valence-corrected chi connectivity index (χ1v) is 8.19. The van der Waals surface area contributed by atoms with E-state index >= 15 is 0 Å². The van der Waals surface area contributed by atoms with Gasteiger partial charge in [-0.15, -0.1) is 0 Å². The monoisotopic (exact) mass is 314 g/mol. The van der Waals surface area contributed by atoms with Gasteiger partial charge in [-0.2, -0.15) is 4.31 Å². The van der Waals surface area contributed by atoms with Crippen molar-refractivity contribution in [1.29, 1.82) is 0 Å². The highest BCUT2D eigenvalue weighted by Crippen LogP contribution is 2.25. The molecule has 0 bridgehead atoms. The lowest BCUT2D eigenvalue weighted by molar-refractivity contribution is 0.0759. The van der Waals surface area contributed by atoms with E-state index in [1.165, 1.54) is 33.8 Å². The van der Waals surface area contributed by atoms with Crippen LogP contribution in [-0.2, 0) is 10.0 Å². The summed E-state index contributed by atoms with van der Waals surface area (Å²) in [7, 11) is -3.64. The van der Waals surface area contributed by atoms with Crippen molar-refractivity contribution in [1.82, 2.24) is 9.29 Å². The number of halogens is 1. The van der Waals surface area contributed by atoms with E-state index in [1.54, 1.807) is 11.6 Å². The van der Waals surface area contributed by atoms with Crippen LogP contribution in [0.2, 0.25) is 0 Å². The fraction of sp³-hybridized carbons (Fsp3) is 0.250. The van der Waals surface area contributed by atoms with Gasteiger partial charge in [-0.1, -0.05) is 17.4 Å². The summed E-state index contributed by atoms with van der Waals surface area (Å²) in [5.41, 5.74) is 0. The molecule has 1 aliphatic heterocycles. The van der Waals surface area contributed by atoms with E-state index in [0.717, 1.165) is 6.07 Å². The average molecular weight is 314 g/mol. The van der Waals surface area contributed by atoms with Gasteiger partial charge in [0, 0.05) is 11.6 Å². The Labute approximate surface area is 119 Å². The molecule has 3 rings (SSSR count). The minimum absolute atomic E-state index is 0.0369. The molecule has 5 nitrogen and oxygen atoms in total. The number of rotatable bonds is 4. The van der Waals surface area contributed by atoms with E-state index in [2.05, 4.69) is 4.98 Å². The Balaban J connectivity index is 1.67. The number of sulfonamides is 1. The zero-order chi connectivity index (χ0) is 14.2. The highest BCUT2D eigenvalue weighted by Gasteiger charge is 2.38. The van der Waals surface area contributed by atoms with E-state index < -0.39 is 15.8 Å². The highest BCUT2D eigenvalue weighted by molar-refractivity contribution is 7.89. The fourth-order valence-electron chi connectivity index (χ4n) is 1.86. The van der Waals surface area contributed by atoms with E-state index in [0.29, 0.717) is 5.19 Å². The molecule has 0 saturated carbocycles. The van der Waals surface area contributed by atoms with Crippen LogP contribution >= 0.6 is 11.3 Å². The Hall–Kier alpha value is -1.51. The van der Waals surface area contributed by atoms with Crippen molar-refractivity contribution in [2.24, 2.45) is 0 Å². The first kappa shape index (κ1) is 13.5. The fourth-order valence-corrected chi connectivity index (χ4v) is 3.95. The van der Waals surface area contributed by atoms with Crippen molar-refractivity contribution in [3.8, 4) is 5.19 Å². The van der Waals surface area contributed by atoms with Crippen molar-refractivity contribution in [2.75, 3.05) is 13.1 Å². The molecule has 0 spiro atoms. The van der Waals surface area contributed by atoms with Crippen LogP contribution in [0.1, 0.15) is 0 Å². The van der Waals surface area contributed by atoms with E-state index in [1.807, 2.05) is 0 Å². The lowest BCUT2D eigenvalue weighted by Gasteiger charge is -2.37. The standard InChI is InChI=1S/C12H11FN2O3S2/c13-9-2-1-3-11(6-9)20(16,17)15-7-10(8-15)18-12-14-4-5-19-12/h1-6,10H,7-8H2. The molecular weight excluding hydrogens is 303 g/mol. The number of benzene rings is 1. The third kappa shape index (κ3) is 2.54. The minimum Gasteiger partial charge on any atom is -0.464 e. The summed E-state index contributed by atoms with van der Waals surface area (Å²) in [6.45, 7) is 0.497. The molecule has 1 aromatic heterocycles. The molecule has 1 aliphatic rings. The lowest BCUT2D eigenvalue weighted by Crippen LogP contribution is -2.55. The summed E-state index contributed by atoms with van der Waals surface area (Å²) in [4.78, 5) is 3.94. The smallest absolute Gasteiger partial charge is 0.273 e. The van der Waals surface area contributed by atoms with Crippen molar-refractivity contribution in [2.45, 2.75) is 11.0 Å². The van der Waals surface area contributed by atoms with Crippen LogP contribution in [0.5, 0.6) is 5.19 Å². The van der Waals surface area contributed by atoms with Crippen LogP contribution in [0.4, 0.5) is 4.39 Å². The van der Waals surface area contributed by atoms with Gasteiger partial charge in [-0.3, -0.25) is 0 Å². The number of aromatic nitrogens is 1. The SMILES string of the molecule is O=S(=O)(c1cccc(F)c1)N1CC(Oc2nccs2)C1. The first-order valence-electron chi connectivity index (χ1n) is 5.87. The van der Waals surface area contributed by atoms with Gasteiger partial charge in [0.2, 0.25) is 10.0 Å². The summed E-state index contributed by atoms with van der Waals surface area (Å²) < 4.78 is 44.3. The van der Waals surface area contributed by atoms with Gasteiger partial charge in [0.1, 0.15) is 11.9 Å². The summed E-state index contributed by atoms with van der Waals surface area (Å²) in [6, 6.07) is 4.99. The van der Waals surface area contributed by atoms with Gasteiger partial charge in [-0.05, 0) is 18.2 Å². The maximum atomic E-state index is 13.1. The third-order valence-corrected chi connectivity index (χ3v) is 5.41. The molecule has 0 radical (unpaired) electrons. The molecule has 0 aliphatic carbocycles. The van der Waals surface area contributed by atoms with Gasteiger partial charge in [0.25, 0.3) is 5.19 Å². The molecule has 1 aromatic carbocycles. The van der Waals surface area contributed by atoms with Crippen LogP contribution in [0.3, 0.4) is 0 Å². The molecule has 0 unspecified atom stereocenters. The maximum absolute atomic E-state index is 13.1. The third-order valence-electron chi connectivity index (χ3n) is 2.93. The Morgan fingerprint density at radius 3 is 2.85 bits per heavy atom. The number of nitrogens with zero attached hydrogens (tertiary/aromatic N) is 2. The summed E-state index contributed by atoms with van der Waals surface area (Å²) >= 11 is 1.36. The van der Waals surface area contributed by atoms with Gasteiger partial charge in [-0.25, -0.2) is 17.8 Å². The highest BCUT2D eigenvalue weighted by atomic mass is 32.2. The van der Waals surface area contributed by atoms with Crippen molar-refractivity contribution >= 4 is 21.4 Å². The Morgan fingerprint density at radius 2 is 2.20 bits per heavy atom. The minimum atomic E-state index is -3.64. The van der Waals surface area contributed by atoms with Gasteiger partial charge in [0.15, 0.2) is 0 Å². The number of hydrogen-bond acceptors (Lipinski definition) is 5. The summed E-state index contributed by atoms with van der Waals surface area (Å²) in [6.07, 6.45) is 1.42. The molecule has 106 valence electrons. The van der Waals surface area contributed by atoms with Gasteiger partial charge in [0.05, 0.1) is 18.0 Å². The Bertz CT molecular complexity index is 697. The predicted octanol–water partition coefficient (Wildman–Crippen LogP) is 1.73. The number of thiazole rings is 1. The zero-order valence-electron chi connectivity index (χ0n) is 10.3. The van der Waals surface area contributed by atoms with Crippen molar-refractivity contribution in [3.05, 3.63) is 41.7 Å². The predicted molar refractivity (Wildman–Crippen MR) is 71.7 cm³/mol. The topological polar surface area (TPSA) is 59.5 Å². The zero-order valence-corrected chi connectivity index (χ0v) is 11.9. The van der Waals surface area contributed by atoms with Crippen LogP contribution in [0.25, 0.3) is 0 Å². The van der Waals surface area contributed by atoms with Crippen LogP contribution < -0.4 is 4.74 Å². The van der Waals surface area contributed by atoms with Crippen molar-refractivity contribution in [3.63, 3.8) is 0 Å². The summed E-state index contributed by atoms with van der Waals surface area (Å²) in [5, 5.41) is 2.31. The van der Waals surface area contributed by atoms with Crippen molar-refractivity contribution < 1.29 is 17.5 Å². The van der Waals surface area contributed by atoms with Gasteiger partial charge >= 0.3 is 0 Å². The Morgan fingerprint density at radius 1 is 1.40 bits per heavy atom. The van der Waals surface area contributed by atoms with E-state index in [-0.39, 0.29) is 24.1 Å². The molecule has 0 N–H and O–H groups in total. The molecule has 1 fully saturated rings. The normalized spacial score (nSPS) is 16.9.